The second-order valence-corrected chi connectivity index (χ2v) is 8.72. The zero-order chi connectivity index (χ0) is 24.1. The zero-order valence-electron chi connectivity index (χ0n) is 16.1. The molecule has 13 heteroatoms. The molecule has 0 saturated heterocycles. The van der Waals surface area contributed by atoms with Crippen molar-refractivity contribution in [2.45, 2.75) is 36.0 Å². The SMILES string of the molecule is Cc1cc(F)c(N)cc1S(=O)CC(F)(F)F.Cc1cc(F)c(N)cc1SCC(F)(F)F. The Morgan fingerprint density at radius 3 is 1.81 bits per heavy atom. The van der Waals surface area contributed by atoms with Crippen LogP contribution in [-0.4, -0.2) is 28.1 Å². The molecule has 2 rings (SSSR count). The summed E-state index contributed by atoms with van der Waals surface area (Å²) in [7, 11) is -2.25. The van der Waals surface area contributed by atoms with Crippen LogP contribution in [0.15, 0.2) is 34.1 Å². The maximum atomic E-state index is 12.9. The van der Waals surface area contributed by atoms with Gasteiger partial charge >= 0.3 is 12.4 Å². The average molecular weight is 494 g/mol. The predicted molar refractivity (Wildman–Crippen MR) is 105 cm³/mol. The molecule has 0 amide bonds. The van der Waals surface area contributed by atoms with Crippen molar-refractivity contribution in [3.05, 3.63) is 47.0 Å². The lowest BCUT2D eigenvalue weighted by Crippen LogP contribution is -2.19. The molecule has 0 aliphatic carbocycles. The fourth-order valence-corrected chi connectivity index (χ4v) is 4.07. The van der Waals surface area contributed by atoms with Crippen molar-refractivity contribution >= 4 is 33.9 Å². The van der Waals surface area contributed by atoms with E-state index in [2.05, 4.69) is 0 Å². The van der Waals surface area contributed by atoms with E-state index in [9.17, 15) is 39.3 Å². The van der Waals surface area contributed by atoms with E-state index in [1.165, 1.54) is 13.0 Å². The number of hydrogen-bond donors (Lipinski definition) is 2. The Bertz CT molecular complexity index is 946. The molecule has 4 N–H and O–H groups in total. The molecule has 3 nitrogen and oxygen atoms in total. The summed E-state index contributed by atoms with van der Waals surface area (Å²) in [5.41, 5.74) is 10.7. The van der Waals surface area contributed by atoms with Crippen LogP contribution in [0.25, 0.3) is 0 Å². The van der Waals surface area contributed by atoms with E-state index in [0.29, 0.717) is 22.2 Å². The number of benzene rings is 2. The number of nitrogen functional groups attached to an aromatic ring is 2. The van der Waals surface area contributed by atoms with Crippen molar-refractivity contribution in [3.63, 3.8) is 0 Å². The topological polar surface area (TPSA) is 69.1 Å². The van der Waals surface area contributed by atoms with Crippen LogP contribution in [-0.2, 0) is 10.8 Å². The third kappa shape index (κ3) is 9.33. The van der Waals surface area contributed by atoms with Crippen LogP contribution >= 0.6 is 11.8 Å². The second-order valence-electron chi connectivity index (χ2n) is 6.29. The molecule has 1 unspecified atom stereocenters. The highest BCUT2D eigenvalue weighted by molar-refractivity contribution is 7.99. The summed E-state index contributed by atoms with van der Waals surface area (Å²) in [6.07, 6.45) is -8.76. The van der Waals surface area contributed by atoms with Gasteiger partial charge in [-0.05, 0) is 49.2 Å². The van der Waals surface area contributed by atoms with E-state index in [1.54, 1.807) is 6.92 Å². The van der Waals surface area contributed by atoms with Gasteiger partial charge in [-0.2, -0.15) is 26.3 Å². The molecule has 2 aromatic carbocycles. The summed E-state index contributed by atoms with van der Waals surface area (Å²) in [4.78, 5) is 0.266. The van der Waals surface area contributed by atoms with Crippen LogP contribution in [0.5, 0.6) is 0 Å². The Morgan fingerprint density at radius 2 is 1.32 bits per heavy atom. The highest BCUT2D eigenvalue weighted by atomic mass is 32.2. The fourth-order valence-electron chi connectivity index (χ4n) is 2.12. The van der Waals surface area contributed by atoms with Crippen molar-refractivity contribution < 1.29 is 39.3 Å². The Kier molecular flexibility index (Phi) is 9.18. The van der Waals surface area contributed by atoms with Crippen molar-refractivity contribution in [3.8, 4) is 0 Å². The molecule has 0 saturated carbocycles. The molecule has 0 bridgehead atoms. The first kappa shape index (κ1) is 27.0. The molecule has 0 radical (unpaired) electrons. The molecule has 0 aromatic heterocycles. The smallest absolute Gasteiger partial charge is 0.396 e. The summed E-state index contributed by atoms with van der Waals surface area (Å²) in [5, 5.41) is 0. The third-order valence-electron chi connectivity index (χ3n) is 3.52. The summed E-state index contributed by atoms with van der Waals surface area (Å²) in [6.45, 7) is 2.92. The normalized spacial score (nSPS) is 12.8. The molecular formula is C18H18F8N2OS2. The van der Waals surface area contributed by atoms with Crippen LogP contribution < -0.4 is 11.5 Å². The fraction of sp³-hybridized carbons (Fsp3) is 0.333. The minimum absolute atomic E-state index is 0.0868. The monoisotopic (exact) mass is 494 g/mol. The Morgan fingerprint density at radius 1 is 0.839 bits per heavy atom. The predicted octanol–water partition coefficient (Wildman–Crippen LogP) is 5.76. The van der Waals surface area contributed by atoms with Gasteiger partial charge in [-0.3, -0.25) is 4.21 Å². The van der Waals surface area contributed by atoms with Crippen molar-refractivity contribution in [2.75, 3.05) is 23.0 Å². The van der Waals surface area contributed by atoms with E-state index in [0.717, 1.165) is 18.2 Å². The van der Waals surface area contributed by atoms with Gasteiger partial charge in [-0.15, -0.1) is 11.8 Å². The standard InChI is InChI=1S/C9H9F4NOS.C9H9F4NS/c1-5-2-6(10)7(14)3-8(5)16(15)4-9(11,12)13;1-5-2-6(10)7(14)3-8(5)15-4-9(11,12)13/h2-3H,4,14H2,1H3;2-3H,4,14H2,1H3. The highest BCUT2D eigenvalue weighted by Crippen LogP contribution is 2.31. The Balaban J connectivity index is 0.000000311. The van der Waals surface area contributed by atoms with Crippen molar-refractivity contribution in [1.82, 2.24) is 0 Å². The molecule has 0 aliphatic rings. The van der Waals surface area contributed by atoms with E-state index >= 15 is 0 Å². The van der Waals surface area contributed by atoms with Gasteiger partial charge in [0.15, 0.2) is 0 Å². The zero-order valence-corrected chi connectivity index (χ0v) is 17.8. The molecule has 31 heavy (non-hydrogen) atoms. The number of anilines is 2. The van der Waals surface area contributed by atoms with Crippen LogP contribution in [0, 0.1) is 25.5 Å². The number of halogens is 8. The van der Waals surface area contributed by atoms with Gasteiger partial charge in [-0.1, -0.05) is 0 Å². The number of nitrogens with two attached hydrogens (primary N) is 2. The van der Waals surface area contributed by atoms with Gasteiger partial charge in [0.1, 0.15) is 17.4 Å². The largest absolute Gasteiger partial charge is 0.400 e. The summed E-state index contributed by atoms with van der Waals surface area (Å²) >= 11 is 0.605. The first-order valence-electron chi connectivity index (χ1n) is 8.26. The summed E-state index contributed by atoms with van der Waals surface area (Å²) < 4.78 is 109. The van der Waals surface area contributed by atoms with E-state index in [-0.39, 0.29) is 21.8 Å². The van der Waals surface area contributed by atoms with Crippen molar-refractivity contribution in [2.24, 2.45) is 0 Å². The van der Waals surface area contributed by atoms with Crippen LogP contribution in [0.3, 0.4) is 0 Å². The lowest BCUT2D eigenvalue weighted by atomic mass is 10.2. The van der Waals surface area contributed by atoms with Gasteiger partial charge < -0.3 is 11.5 Å². The number of thioether (sulfide) groups is 1. The molecule has 174 valence electrons. The van der Waals surface area contributed by atoms with Gasteiger partial charge in [0, 0.05) is 9.79 Å². The molecule has 0 spiro atoms. The summed E-state index contributed by atoms with van der Waals surface area (Å²) in [5.74, 6) is -3.80. The molecule has 1 atom stereocenters. The van der Waals surface area contributed by atoms with E-state index in [1.807, 2.05) is 0 Å². The van der Waals surface area contributed by atoms with Gasteiger partial charge in [0.05, 0.1) is 27.9 Å². The maximum Gasteiger partial charge on any atom is 0.400 e. The highest BCUT2D eigenvalue weighted by Gasteiger charge is 2.31. The first-order chi connectivity index (χ1) is 14.0. The minimum Gasteiger partial charge on any atom is -0.396 e. The average Bonchev–Trinajstić information content (AvgIpc) is 2.58. The number of hydrogen-bond acceptors (Lipinski definition) is 4. The third-order valence-corrected chi connectivity index (χ3v) is 6.26. The van der Waals surface area contributed by atoms with Gasteiger partial charge in [0.2, 0.25) is 0 Å². The first-order valence-corrected chi connectivity index (χ1v) is 10.6. The van der Waals surface area contributed by atoms with Crippen LogP contribution in [0.2, 0.25) is 0 Å². The molecule has 0 aliphatic heterocycles. The molecule has 2 aromatic rings. The molecule has 0 heterocycles. The van der Waals surface area contributed by atoms with Gasteiger partial charge in [0.25, 0.3) is 0 Å². The van der Waals surface area contributed by atoms with Crippen molar-refractivity contribution in [1.29, 1.82) is 0 Å². The number of alkyl halides is 6. The minimum atomic E-state index is -4.53. The molecular weight excluding hydrogens is 476 g/mol. The number of aryl methyl sites for hydroxylation is 2. The van der Waals surface area contributed by atoms with Gasteiger partial charge in [-0.25, -0.2) is 8.78 Å². The maximum absolute atomic E-state index is 12.9. The molecule has 0 fully saturated rings. The summed E-state index contributed by atoms with van der Waals surface area (Å²) in [6, 6.07) is 4.31. The Hall–Kier alpha value is -2.02. The second kappa shape index (κ2) is 10.5. The lowest BCUT2D eigenvalue weighted by Gasteiger charge is -2.09. The number of rotatable bonds is 4. The quantitative estimate of drug-likeness (QED) is 0.322. The van der Waals surface area contributed by atoms with E-state index in [4.69, 9.17) is 11.5 Å². The van der Waals surface area contributed by atoms with Crippen LogP contribution in [0.4, 0.5) is 46.5 Å². The van der Waals surface area contributed by atoms with Crippen LogP contribution in [0.1, 0.15) is 11.1 Å². The Labute approximate surface area is 179 Å². The lowest BCUT2D eigenvalue weighted by molar-refractivity contribution is -0.106. The van der Waals surface area contributed by atoms with E-state index < -0.39 is 46.3 Å².